The van der Waals surface area contributed by atoms with Gasteiger partial charge in [0.15, 0.2) is 0 Å². The highest BCUT2D eigenvalue weighted by Gasteiger charge is 2.25. The van der Waals surface area contributed by atoms with Crippen LogP contribution in [0, 0.1) is 17.9 Å². The lowest BCUT2D eigenvalue weighted by atomic mass is 10.1. The maximum atomic E-state index is 11.6. The van der Waals surface area contributed by atoms with Crippen molar-refractivity contribution in [3.8, 4) is 28.8 Å². The molecule has 6 aromatic heterocycles. The highest BCUT2D eigenvalue weighted by atomic mass is 32.1. The van der Waals surface area contributed by atoms with E-state index in [0.717, 1.165) is 81.8 Å². The molecule has 0 bridgehead atoms. The molecule has 6 nitrogen and oxygen atoms in total. The molecule has 0 radical (unpaired) electrons. The smallest absolute Gasteiger partial charge is 0.212 e. The molecule has 0 aliphatic heterocycles. The van der Waals surface area contributed by atoms with Crippen molar-refractivity contribution in [1.29, 1.82) is 5.26 Å². The molecular weight excluding hydrogens is 965 g/mol. The van der Waals surface area contributed by atoms with Crippen molar-refractivity contribution in [2.75, 3.05) is 0 Å². The number of fused-ring (bicyclic) bond motifs is 18. The van der Waals surface area contributed by atoms with Crippen molar-refractivity contribution in [3.63, 3.8) is 0 Å². The highest BCUT2D eigenvalue weighted by Crippen LogP contribution is 2.47. The molecule has 17 aromatic rings. The number of aromatic nitrogens is 4. The molecule has 0 atom stereocenters. The second-order valence-corrected chi connectivity index (χ2v) is 22.0. The molecule has 0 amide bonds. The number of benzene rings is 11. The summed E-state index contributed by atoms with van der Waals surface area (Å²) in [7, 11) is 0. The Kier molecular flexibility index (Phi) is 8.36. The SMILES string of the molecule is [C-]#[N+]c1cc(-n2c3ccc(-n4c5ccccc5c5ccccc54)cc3c3cc4c(cc32)sc2ccccc24)c(C#N)cc1-n1c2cc(-n3c4ccccc4c4ccccc43)ccc2c2cc3c(cc21)sc1ccccc13. The van der Waals surface area contributed by atoms with Crippen LogP contribution in [0.3, 0.4) is 0 Å². The van der Waals surface area contributed by atoms with Gasteiger partial charge < -0.3 is 18.3 Å². The number of hydrogen-bond acceptors (Lipinski definition) is 3. The zero-order valence-corrected chi connectivity index (χ0v) is 41.9. The molecular formula is C68H36N6S2. The third-order valence-electron chi connectivity index (χ3n) is 16.0. The summed E-state index contributed by atoms with van der Waals surface area (Å²) in [6.45, 7) is 9.05. The molecule has 0 aliphatic rings. The van der Waals surface area contributed by atoms with Crippen molar-refractivity contribution < 1.29 is 0 Å². The molecule has 0 fully saturated rings. The summed E-state index contributed by atoms with van der Waals surface area (Å²) in [4.78, 5) is 4.38. The van der Waals surface area contributed by atoms with Crippen LogP contribution in [0.25, 0.3) is 155 Å². The number of rotatable bonds is 4. The largest absolute Gasteiger partial charge is 0.319 e. The fraction of sp³-hybridized carbons (Fsp3) is 0. The van der Waals surface area contributed by atoms with Crippen molar-refractivity contribution in [1.82, 2.24) is 18.3 Å². The van der Waals surface area contributed by atoms with Crippen LogP contribution in [-0.4, -0.2) is 18.3 Å². The van der Waals surface area contributed by atoms with Crippen LogP contribution in [0.4, 0.5) is 5.69 Å². The second-order valence-electron chi connectivity index (χ2n) is 19.8. The third kappa shape index (κ3) is 5.56. The number of nitriles is 1. The van der Waals surface area contributed by atoms with E-state index in [4.69, 9.17) is 6.57 Å². The van der Waals surface area contributed by atoms with Gasteiger partial charge in [-0.25, -0.2) is 4.85 Å². The minimum absolute atomic E-state index is 0.450. The third-order valence-corrected chi connectivity index (χ3v) is 18.3. The molecule has 0 N–H and O–H groups in total. The normalized spacial score (nSPS) is 12.2. The molecule has 8 heteroatoms. The monoisotopic (exact) mass is 1000 g/mol. The minimum atomic E-state index is 0.450. The number of para-hydroxylation sites is 4. The van der Waals surface area contributed by atoms with E-state index in [1.807, 2.05) is 12.1 Å². The Hall–Kier alpha value is -9.96. The van der Waals surface area contributed by atoms with Crippen molar-refractivity contribution in [2.45, 2.75) is 0 Å². The first kappa shape index (κ1) is 41.5. The van der Waals surface area contributed by atoms with Gasteiger partial charge in [-0.3, -0.25) is 0 Å². The zero-order valence-electron chi connectivity index (χ0n) is 40.3. The van der Waals surface area contributed by atoms with Gasteiger partial charge in [0, 0.05) is 94.8 Å². The topological polar surface area (TPSA) is 47.9 Å². The minimum Gasteiger partial charge on any atom is -0.319 e. The van der Waals surface area contributed by atoms with Crippen molar-refractivity contribution >= 4 is 156 Å². The van der Waals surface area contributed by atoms with Crippen LogP contribution in [0.1, 0.15) is 5.56 Å². The van der Waals surface area contributed by atoms with E-state index in [2.05, 4.69) is 235 Å². The summed E-state index contributed by atoms with van der Waals surface area (Å²) < 4.78 is 14.0. The van der Waals surface area contributed by atoms with Crippen LogP contribution in [-0.2, 0) is 0 Å². The Bertz CT molecular complexity index is 5420. The summed E-state index contributed by atoms with van der Waals surface area (Å²) in [5, 5.41) is 25.5. The van der Waals surface area contributed by atoms with E-state index >= 15 is 0 Å². The van der Waals surface area contributed by atoms with Crippen LogP contribution >= 0.6 is 22.7 Å². The lowest BCUT2D eigenvalue weighted by Crippen LogP contribution is -2.02. The van der Waals surface area contributed by atoms with Gasteiger partial charge in [0.05, 0.1) is 67.6 Å². The quantitative estimate of drug-likeness (QED) is 0.162. The van der Waals surface area contributed by atoms with Gasteiger partial charge >= 0.3 is 0 Å². The Balaban J connectivity index is 0.950. The number of hydrogen-bond donors (Lipinski definition) is 0. The maximum Gasteiger partial charge on any atom is 0.212 e. The summed E-state index contributed by atoms with van der Waals surface area (Å²) in [6, 6.07) is 81.0. The van der Waals surface area contributed by atoms with Crippen molar-refractivity contribution in [3.05, 3.63) is 235 Å². The van der Waals surface area contributed by atoms with Gasteiger partial charge in [-0.1, -0.05) is 115 Å². The first-order valence-electron chi connectivity index (χ1n) is 25.3. The fourth-order valence-corrected chi connectivity index (χ4v) is 15.0. The van der Waals surface area contributed by atoms with Gasteiger partial charge in [-0.2, -0.15) is 5.26 Å². The van der Waals surface area contributed by atoms with E-state index < -0.39 is 0 Å². The van der Waals surface area contributed by atoms with Gasteiger partial charge in [0.25, 0.3) is 0 Å². The van der Waals surface area contributed by atoms with Gasteiger partial charge in [-0.15, -0.1) is 22.7 Å². The van der Waals surface area contributed by atoms with Crippen molar-refractivity contribution in [2.24, 2.45) is 0 Å². The Morgan fingerprint density at radius 3 is 1.25 bits per heavy atom. The molecule has 6 heterocycles. The number of thiophene rings is 2. The molecule has 0 unspecified atom stereocenters. The molecule has 11 aromatic carbocycles. The predicted octanol–water partition coefficient (Wildman–Crippen LogP) is 19.2. The molecule has 0 saturated carbocycles. The van der Waals surface area contributed by atoms with E-state index in [0.29, 0.717) is 22.6 Å². The lowest BCUT2D eigenvalue weighted by molar-refractivity contribution is 1.13. The summed E-state index contributed by atoms with van der Waals surface area (Å²) in [5.41, 5.74) is 12.7. The van der Waals surface area contributed by atoms with Gasteiger partial charge in [-0.05, 0) is 103 Å². The standard InChI is InChI=1S/C68H36N6S2/c1-70-54-35-60(73-59-29-27-40(71-55-20-8-2-14-42(55)43-15-3-9-21-56(43)71)31-49(59)51-34-53-48-19-7-13-25-66(48)76-68(53)37-63(51)73)39(38-69)30-64(54)74-61-32-41(72-57-22-10-4-16-44(57)45-17-5-11-23-58(45)72)26-28-46(61)50-33-52-47-18-6-12-24-65(47)75-67(52)36-62(50)74/h2-37H. The van der Waals surface area contributed by atoms with E-state index in [1.54, 1.807) is 22.7 Å². The predicted molar refractivity (Wildman–Crippen MR) is 321 cm³/mol. The summed E-state index contributed by atoms with van der Waals surface area (Å²) in [6.07, 6.45) is 0. The second kappa shape index (κ2) is 15.3. The highest BCUT2D eigenvalue weighted by molar-refractivity contribution is 7.26. The molecule has 76 heavy (non-hydrogen) atoms. The van der Waals surface area contributed by atoms with E-state index in [1.165, 1.54) is 57.2 Å². The summed E-state index contributed by atoms with van der Waals surface area (Å²) in [5.74, 6) is 0. The Morgan fingerprint density at radius 1 is 0.316 bits per heavy atom. The molecule has 17 rings (SSSR count). The average molecular weight is 1000 g/mol. The summed E-state index contributed by atoms with van der Waals surface area (Å²) >= 11 is 3.57. The first-order chi connectivity index (χ1) is 37.6. The zero-order chi connectivity index (χ0) is 49.9. The average Bonchev–Trinajstić information content (AvgIpc) is 4.47. The van der Waals surface area contributed by atoms with Crippen LogP contribution in [0.2, 0.25) is 0 Å². The molecule has 0 spiro atoms. The first-order valence-corrected chi connectivity index (χ1v) is 27.0. The molecule has 0 saturated heterocycles. The Morgan fingerprint density at radius 2 is 0.724 bits per heavy atom. The van der Waals surface area contributed by atoms with Gasteiger partial charge in [0.2, 0.25) is 5.69 Å². The fourth-order valence-electron chi connectivity index (χ4n) is 12.8. The number of nitrogens with zero attached hydrogens (tertiary/aromatic N) is 6. The maximum absolute atomic E-state index is 11.6. The molecule has 0 aliphatic carbocycles. The Labute approximate surface area is 441 Å². The molecule has 350 valence electrons. The van der Waals surface area contributed by atoms with E-state index in [-0.39, 0.29) is 0 Å². The lowest BCUT2D eigenvalue weighted by Gasteiger charge is -2.16. The van der Waals surface area contributed by atoms with Crippen LogP contribution in [0.15, 0.2) is 218 Å². The van der Waals surface area contributed by atoms with E-state index in [9.17, 15) is 5.26 Å². The van der Waals surface area contributed by atoms with Crippen LogP contribution in [0.5, 0.6) is 0 Å². The van der Waals surface area contributed by atoms with Gasteiger partial charge in [0.1, 0.15) is 6.07 Å². The van der Waals surface area contributed by atoms with Crippen LogP contribution < -0.4 is 0 Å².